The Bertz CT molecular complexity index is 413. The van der Waals surface area contributed by atoms with Gasteiger partial charge in [-0.25, -0.2) is 0 Å². The van der Waals surface area contributed by atoms with Crippen LogP contribution >= 0.6 is 0 Å². The zero-order valence-electron chi connectivity index (χ0n) is 14.2. The lowest BCUT2D eigenvalue weighted by atomic mass is 9.92. The van der Waals surface area contributed by atoms with Gasteiger partial charge < -0.3 is 5.32 Å². The molecule has 0 bridgehead atoms. The van der Waals surface area contributed by atoms with Crippen LogP contribution in [0.3, 0.4) is 0 Å². The first-order chi connectivity index (χ1) is 10.1. The smallest absolute Gasteiger partial charge is 0.0478 e. The van der Waals surface area contributed by atoms with Crippen molar-refractivity contribution in [1.82, 2.24) is 10.2 Å². The summed E-state index contributed by atoms with van der Waals surface area (Å²) < 4.78 is 0. The molecule has 0 aromatic heterocycles. The van der Waals surface area contributed by atoms with Crippen LogP contribution in [0.15, 0.2) is 30.3 Å². The number of hydrogen-bond acceptors (Lipinski definition) is 2. The second-order valence-corrected chi connectivity index (χ2v) is 7.20. The van der Waals surface area contributed by atoms with E-state index in [0.717, 1.165) is 6.54 Å². The Labute approximate surface area is 130 Å². The average Bonchev–Trinajstić information content (AvgIpc) is 2.84. The van der Waals surface area contributed by atoms with E-state index in [0.29, 0.717) is 17.5 Å². The highest BCUT2D eigenvalue weighted by molar-refractivity contribution is 5.21. The van der Waals surface area contributed by atoms with Gasteiger partial charge in [-0.2, -0.15) is 0 Å². The first-order valence-corrected chi connectivity index (χ1v) is 8.60. The van der Waals surface area contributed by atoms with Crippen LogP contribution in [0.5, 0.6) is 0 Å². The van der Waals surface area contributed by atoms with Crippen LogP contribution in [-0.4, -0.2) is 30.6 Å². The summed E-state index contributed by atoms with van der Waals surface area (Å²) in [6.07, 6.45) is 3.70. The fourth-order valence-corrected chi connectivity index (χ4v) is 3.58. The number of rotatable bonds is 7. The van der Waals surface area contributed by atoms with Crippen LogP contribution in [0.1, 0.15) is 58.6 Å². The predicted octanol–water partition coefficient (Wildman–Crippen LogP) is 4.24. The minimum atomic E-state index is 0.449. The van der Waals surface area contributed by atoms with E-state index in [1.54, 1.807) is 0 Å². The van der Waals surface area contributed by atoms with Crippen LogP contribution < -0.4 is 5.32 Å². The zero-order valence-corrected chi connectivity index (χ0v) is 14.2. The molecule has 2 heteroatoms. The van der Waals surface area contributed by atoms with Gasteiger partial charge in [-0.1, -0.05) is 58.0 Å². The highest BCUT2D eigenvalue weighted by Crippen LogP contribution is 2.34. The molecule has 0 aliphatic carbocycles. The fraction of sp³-hybridized carbons (Fsp3) is 0.684. The average molecular weight is 288 g/mol. The topological polar surface area (TPSA) is 15.3 Å². The van der Waals surface area contributed by atoms with Crippen LogP contribution in [0, 0.1) is 5.41 Å². The van der Waals surface area contributed by atoms with Crippen molar-refractivity contribution >= 4 is 0 Å². The summed E-state index contributed by atoms with van der Waals surface area (Å²) in [7, 11) is 0. The maximum absolute atomic E-state index is 3.80. The third-order valence-electron chi connectivity index (χ3n) is 4.75. The molecule has 1 aromatic rings. The summed E-state index contributed by atoms with van der Waals surface area (Å²) in [5.74, 6) is 0. The van der Waals surface area contributed by atoms with Gasteiger partial charge in [0, 0.05) is 18.6 Å². The normalized spacial score (nSPS) is 21.3. The number of benzene rings is 1. The van der Waals surface area contributed by atoms with Crippen LogP contribution in [0.25, 0.3) is 0 Å². The molecule has 21 heavy (non-hydrogen) atoms. The van der Waals surface area contributed by atoms with Gasteiger partial charge in [0.05, 0.1) is 0 Å². The minimum Gasteiger partial charge on any atom is -0.309 e. The molecule has 1 aliphatic heterocycles. The molecular weight excluding hydrogens is 256 g/mol. The van der Waals surface area contributed by atoms with Gasteiger partial charge in [0.25, 0.3) is 0 Å². The van der Waals surface area contributed by atoms with Crippen molar-refractivity contribution in [1.29, 1.82) is 0 Å². The number of hydrogen-bond donors (Lipinski definition) is 1. The van der Waals surface area contributed by atoms with Gasteiger partial charge in [-0.3, -0.25) is 4.90 Å². The van der Waals surface area contributed by atoms with Crippen LogP contribution in [0.4, 0.5) is 0 Å². The summed E-state index contributed by atoms with van der Waals surface area (Å²) in [6.45, 7) is 12.9. The summed E-state index contributed by atoms with van der Waals surface area (Å²) >= 11 is 0. The van der Waals surface area contributed by atoms with E-state index in [4.69, 9.17) is 0 Å². The molecule has 0 spiro atoms. The first kappa shape index (κ1) is 16.5. The van der Waals surface area contributed by atoms with Gasteiger partial charge in [0.2, 0.25) is 0 Å². The highest BCUT2D eigenvalue weighted by atomic mass is 15.2. The van der Waals surface area contributed by atoms with Gasteiger partial charge in [0.15, 0.2) is 0 Å². The Morgan fingerprint density at radius 1 is 1.19 bits per heavy atom. The second-order valence-electron chi connectivity index (χ2n) is 7.20. The van der Waals surface area contributed by atoms with E-state index in [1.165, 1.54) is 37.9 Å². The molecule has 118 valence electrons. The molecule has 0 amide bonds. The monoisotopic (exact) mass is 288 g/mol. The predicted molar refractivity (Wildman–Crippen MR) is 91.5 cm³/mol. The first-order valence-electron chi connectivity index (χ1n) is 8.60. The SMILES string of the molecule is CCCNC(c1ccccc1)C(CC)N1CCC(C)(C)C1. The molecule has 2 unspecified atom stereocenters. The summed E-state index contributed by atoms with van der Waals surface area (Å²) in [6, 6.07) is 12.0. The zero-order chi connectivity index (χ0) is 15.3. The van der Waals surface area contributed by atoms with Gasteiger partial charge >= 0.3 is 0 Å². The van der Waals surface area contributed by atoms with Gasteiger partial charge in [0.1, 0.15) is 0 Å². The van der Waals surface area contributed by atoms with Crippen molar-refractivity contribution < 1.29 is 0 Å². The molecular formula is C19H32N2. The molecule has 1 saturated heterocycles. The minimum absolute atomic E-state index is 0.449. The van der Waals surface area contributed by atoms with Crippen molar-refractivity contribution in [2.75, 3.05) is 19.6 Å². The Morgan fingerprint density at radius 2 is 1.90 bits per heavy atom. The van der Waals surface area contributed by atoms with E-state index in [-0.39, 0.29) is 0 Å². The Hall–Kier alpha value is -0.860. The fourth-order valence-electron chi connectivity index (χ4n) is 3.58. The van der Waals surface area contributed by atoms with E-state index >= 15 is 0 Å². The summed E-state index contributed by atoms with van der Waals surface area (Å²) in [4.78, 5) is 2.71. The van der Waals surface area contributed by atoms with E-state index < -0.39 is 0 Å². The highest BCUT2D eigenvalue weighted by Gasteiger charge is 2.36. The maximum Gasteiger partial charge on any atom is 0.0478 e. The van der Waals surface area contributed by atoms with E-state index in [2.05, 4.69) is 68.2 Å². The molecule has 1 fully saturated rings. The van der Waals surface area contributed by atoms with Gasteiger partial charge in [-0.15, -0.1) is 0 Å². The van der Waals surface area contributed by atoms with Crippen molar-refractivity contribution in [3.05, 3.63) is 35.9 Å². The molecule has 1 aliphatic rings. The van der Waals surface area contributed by atoms with Crippen molar-refractivity contribution in [2.24, 2.45) is 5.41 Å². The molecule has 0 saturated carbocycles. The lowest BCUT2D eigenvalue weighted by Gasteiger charge is -2.36. The Morgan fingerprint density at radius 3 is 2.43 bits per heavy atom. The van der Waals surface area contributed by atoms with Crippen molar-refractivity contribution in [2.45, 2.75) is 59.0 Å². The van der Waals surface area contributed by atoms with Gasteiger partial charge in [-0.05, 0) is 43.3 Å². The molecule has 0 radical (unpaired) electrons. The van der Waals surface area contributed by atoms with Crippen molar-refractivity contribution in [3.63, 3.8) is 0 Å². The van der Waals surface area contributed by atoms with E-state index in [9.17, 15) is 0 Å². The maximum atomic E-state index is 3.80. The third-order valence-corrected chi connectivity index (χ3v) is 4.75. The molecule has 2 atom stereocenters. The Kier molecular flexibility index (Phi) is 5.83. The molecule has 2 nitrogen and oxygen atoms in total. The standard InChI is InChI=1S/C19H32N2/c1-5-13-20-18(16-10-8-7-9-11-16)17(6-2)21-14-12-19(3,4)15-21/h7-11,17-18,20H,5-6,12-15H2,1-4H3. The third kappa shape index (κ3) is 4.31. The largest absolute Gasteiger partial charge is 0.309 e. The lowest BCUT2D eigenvalue weighted by molar-refractivity contribution is 0.169. The van der Waals surface area contributed by atoms with E-state index in [1.807, 2.05) is 0 Å². The summed E-state index contributed by atoms with van der Waals surface area (Å²) in [5.41, 5.74) is 1.90. The number of likely N-dealkylation sites (tertiary alicyclic amines) is 1. The van der Waals surface area contributed by atoms with Crippen LogP contribution in [-0.2, 0) is 0 Å². The molecule has 1 aromatic carbocycles. The number of nitrogens with zero attached hydrogens (tertiary/aromatic N) is 1. The van der Waals surface area contributed by atoms with Crippen molar-refractivity contribution in [3.8, 4) is 0 Å². The molecule has 2 rings (SSSR count). The molecule has 1 N–H and O–H groups in total. The second kappa shape index (κ2) is 7.42. The number of nitrogens with one attached hydrogen (secondary N) is 1. The molecule has 1 heterocycles. The quantitative estimate of drug-likeness (QED) is 0.807. The Balaban J connectivity index is 2.17. The lowest BCUT2D eigenvalue weighted by Crippen LogP contribution is -2.44. The summed E-state index contributed by atoms with van der Waals surface area (Å²) in [5, 5.41) is 3.80. The van der Waals surface area contributed by atoms with Crippen LogP contribution in [0.2, 0.25) is 0 Å².